The number of hydrogen-bond acceptors (Lipinski definition) is 3. The third-order valence-electron chi connectivity index (χ3n) is 5.41. The van der Waals surface area contributed by atoms with Crippen LogP contribution in [0, 0.1) is 6.92 Å². The van der Waals surface area contributed by atoms with Crippen LogP contribution in [0.4, 0.5) is 0 Å². The number of amides is 1. The molecule has 1 fully saturated rings. The van der Waals surface area contributed by atoms with Gasteiger partial charge in [-0.2, -0.15) is 16.9 Å². The van der Waals surface area contributed by atoms with Gasteiger partial charge in [-0.15, -0.1) is 0 Å². The molecule has 132 valence electrons. The number of thioether (sulfide) groups is 1. The minimum atomic E-state index is -0.0146. The molecule has 0 radical (unpaired) electrons. The van der Waals surface area contributed by atoms with Crippen LogP contribution in [0.2, 0.25) is 0 Å². The highest BCUT2D eigenvalue weighted by Crippen LogP contribution is 2.37. The summed E-state index contributed by atoms with van der Waals surface area (Å²) >= 11 is 1.97. The molecule has 2 aromatic rings. The number of rotatable bonds is 4. The quantitative estimate of drug-likeness (QED) is 0.910. The van der Waals surface area contributed by atoms with E-state index in [0.29, 0.717) is 5.69 Å². The SMILES string of the molecule is Cc1ccccc1-n1nc(C(=O)NC[C@@]2(C)CCCS2)c2c1CCC2. The van der Waals surface area contributed by atoms with Crippen molar-refractivity contribution in [3.05, 3.63) is 46.8 Å². The summed E-state index contributed by atoms with van der Waals surface area (Å²) in [6.07, 6.45) is 5.47. The number of para-hydroxylation sites is 1. The number of nitrogens with one attached hydrogen (secondary N) is 1. The summed E-state index contributed by atoms with van der Waals surface area (Å²) in [5.74, 6) is 1.18. The van der Waals surface area contributed by atoms with Crippen LogP contribution in [-0.2, 0) is 12.8 Å². The molecule has 0 spiro atoms. The van der Waals surface area contributed by atoms with Gasteiger partial charge in [-0.05, 0) is 63.3 Å². The first-order chi connectivity index (χ1) is 12.1. The molecule has 4 nitrogen and oxygen atoms in total. The molecule has 1 aliphatic heterocycles. The van der Waals surface area contributed by atoms with E-state index in [9.17, 15) is 4.79 Å². The maximum absolute atomic E-state index is 12.8. The first kappa shape index (κ1) is 16.7. The van der Waals surface area contributed by atoms with Crippen molar-refractivity contribution in [2.45, 2.75) is 50.7 Å². The van der Waals surface area contributed by atoms with Gasteiger partial charge >= 0.3 is 0 Å². The number of aryl methyl sites for hydroxylation is 1. The average Bonchev–Trinajstić information content (AvgIpc) is 3.30. The third kappa shape index (κ3) is 3.10. The monoisotopic (exact) mass is 355 g/mol. The van der Waals surface area contributed by atoms with Crippen LogP contribution in [0.1, 0.15) is 53.5 Å². The number of fused-ring (bicyclic) bond motifs is 1. The average molecular weight is 356 g/mol. The zero-order valence-corrected chi connectivity index (χ0v) is 15.8. The normalized spacial score (nSPS) is 22.2. The van der Waals surface area contributed by atoms with Crippen molar-refractivity contribution in [2.75, 3.05) is 12.3 Å². The maximum atomic E-state index is 12.8. The summed E-state index contributed by atoms with van der Waals surface area (Å²) in [6, 6.07) is 8.24. The summed E-state index contributed by atoms with van der Waals surface area (Å²) in [6.45, 7) is 5.07. The van der Waals surface area contributed by atoms with Crippen LogP contribution in [0.3, 0.4) is 0 Å². The Labute approximate surface area is 153 Å². The molecule has 1 amide bonds. The smallest absolute Gasteiger partial charge is 0.272 e. The summed E-state index contributed by atoms with van der Waals surface area (Å²) in [7, 11) is 0. The standard InChI is InChI=1S/C20H25N3OS/c1-14-7-3-4-9-16(14)23-17-10-5-8-15(17)18(22-23)19(24)21-13-20(2)11-6-12-25-20/h3-4,7,9H,5-6,8,10-13H2,1-2H3,(H,21,24)/t20-/m1/s1. The van der Waals surface area contributed by atoms with E-state index in [1.165, 1.54) is 29.9 Å². The van der Waals surface area contributed by atoms with Crippen molar-refractivity contribution in [1.29, 1.82) is 0 Å². The van der Waals surface area contributed by atoms with Crippen molar-refractivity contribution in [3.63, 3.8) is 0 Å². The van der Waals surface area contributed by atoms with E-state index < -0.39 is 0 Å². The van der Waals surface area contributed by atoms with Gasteiger partial charge < -0.3 is 5.32 Å². The van der Waals surface area contributed by atoms with Crippen LogP contribution < -0.4 is 5.32 Å². The Kier molecular flexibility index (Phi) is 4.36. The molecule has 1 aromatic heterocycles. The Bertz CT molecular complexity index is 805. The van der Waals surface area contributed by atoms with Gasteiger partial charge in [-0.3, -0.25) is 4.79 Å². The predicted octanol–water partition coefficient (Wildman–Crippen LogP) is 3.68. The Hall–Kier alpha value is -1.75. The van der Waals surface area contributed by atoms with Crippen LogP contribution >= 0.6 is 11.8 Å². The van der Waals surface area contributed by atoms with Gasteiger partial charge in [0.15, 0.2) is 5.69 Å². The second-order valence-electron chi connectivity index (χ2n) is 7.41. The van der Waals surface area contributed by atoms with Gasteiger partial charge in [-0.25, -0.2) is 4.68 Å². The minimum absolute atomic E-state index is 0.0146. The fraction of sp³-hybridized carbons (Fsp3) is 0.500. The first-order valence-electron chi connectivity index (χ1n) is 9.16. The number of benzene rings is 1. The van der Waals surface area contributed by atoms with E-state index in [-0.39, 0.29) is 10.7 Å². The van der Waals surface area contributed by atoms with E-state index in [4.69, 9.17) is 5.10 Å². The fourth-order valence-electron chi connectivity index (χ4n) is 3.95. The molecular weight excluding hydrogens is 330 g/mol. The van der Waals surface area contributed by atoms with Crippen LogP contribution in [-0.4, -0.2) is 32.7 Å². The van der Waals surface area contributed by atoms with Crippen LogP contribution in [0.25, 0.3) is 5.69 Å². The van der Waals surface area contributed by atoms with Gasteiger partial charge in [0, 0.05) is 22.5 Å². The fourth-order valence-corrected chi connectivity index (χ4v) is 5.19. The third-order valence-corrected chi connectivity index (χ3v) is 6.95. The molecule has 1 aromatic carbocycles. The predicted molar refractivity (Wildman–Crippen MR) is 103 cm³/mol. The summed E-state index contributed by atoms with van der Waals surface area (Å²) < 4.78 is 2.18. The molecule has 2 aliphatic rings. The van der Waals surface area contributed by atoms with Crippen LogP contribution in [0.5, 0.6) is 0 Å². The van der Waals surface area contributed by atoms with Crippen molar-refractivity contribution < 1.29 is 4.79 Å². The summed E-state index contributed by atoms with van der Waals surface area (Å²) in [4.78, 5) is 12.8. The Balaban J connectivity index is 1.61. The lowest BCUT2D eigenvalue weighted by Gasteiger charge is -2.22. The highest BCUT2D eigenvalue weighted by Gasteiger charge is 2.32. The second-order valence-corrected chi connectivity index (χ2v) is 9.09. The van der Waals surface area contributed by atoms with E-state index >= 15 is 0 Å². The summed E-state index contributed by atoms with van der Waals surface area (Å²) in [5.41, 5.74) is 5.24. The first-order valence-corrected chi connectivity index (χ1v) is 10.1. The largest absolute Gasteiger partial charge is 0.349 e. The number of aromatic nitrogens is 2. The summed E-state index contributed by atoms with van der Waals surface area (Å²) in [5, 5.41) is 7.88. The minimum Gasteiger partial charge on any atom is -0.349 e. The Morgan fingerprint density at radius 3 is 2.92 bits per heavy atom. The zero-order valence-electron chi connectivity index (χ0n) is 15.0. The van der Waals surface area contributed by atoms with Gasteiger partial charge in [0.05, 0.1) is 5.69 Å². The number of carbonyl (C=O) groups excluding carboxylic acids is 1. The van der Waals surface area contributed by atoms with Crippen molar-refractivity contribution in [1.82, 2.24) is 15.1 Å². The van der Waals surface area contributed by atoms with E-state index in [1.54, 1.807) is 0 Å². The molecular formula is C20H25N3OS. The molecule has 25 heavy (non-hydrogen) atoms. The van der Waals surface area contributed by atoms with E-state index in [1.807, 2.05) is 28.6 Å². The molecule has 1 atom stereocenters. The lowest BCUT2D eigenvalue weighted by Crippen LogP contribution is -2.37. The topological polar surface area (TPSA) is 46.9 Å². The van der Waals surface area contributed by atoms with E-state index in [2.05, 4.69) is 31.3 Å². The maximum Gasteiger partial charge on any atom is 0.272 e. The van der Waals surface area contributed by atoms with Gasteiger partial charge in [0.25, 0.3) is 5.91 Å². The molecule has 1 aliphatic carbocycles. The molecule has 2 heterocycles. The van der Waals surface area contributed by atoms with Gasteiger partial charge in [0.2, 0.25) is 0 Å². The van der Waals surface area contributed by atoms with Crippen molar-refractivity contribution in [3.8, 4) is 5.69 Å². The lowest BCUT2D eigenvalue weighted by molar-refractivity contribution is 0.0943. The van der Waals surface area contributed by atoms with E-state index in [0.717, 1.165) is 37.1 Å². The molecule has 0 unspecified atom stereocenters. The van der Waals surface area contributed by atoms with Gasteiger partial charge in [0.1, 0.15) is 0 Å². The molecule has 5 heteroatoms. The second kappa shape index (κ2) is 6.52. The highest BCUT2D eigenvalue weighted by molar-refractivity contribution is 8.00. The number of nitrogens with zero attached hydrogens (tertiary/aromatic N) is 2. The molecule has 1 saturated heterocycles. The van der Waals surface area contributed by atoms with Crippen molar-refractivity contribution in [2.24, 2.45) is 0 Å². The Morgan fingerprint density at radius 1 is 1.32 bits per heavy atom. The lowest BCUT2D eigenvalue weighted by atomic mass is 10.1. The van der Waals surface area contributed by atoms with Crippen LogP contribution in [0.15, 0.2) is 24.3 Å². The number of carbonyl (C=O) groups is 1. The molecule has 1 N–H and O–H groups in total. The van der Waals surface area contributed by atoms with Gasteiger partial charge in [-0.1, -0.05) is 18.2 Å². The van der Waals surface area contributed by atoms with Crippen molar-refractivity contribution >= 4 is 17.7 Å². The molecule has 0 bridgehead atoms. The molecule has 0 saturated carbocycles. The highest BCUT2D eigenvalue weighted by atomic mass is 32.2. The molecule has 4 rings (SSSR count). The Morgan fingerprint density at radius 2 is 2.16 bits per heavy atom. The zero-order chi connectivity index (χ0) is 17.4. The number of hydrogen-bond donors (Lipinski definition) is 1.